The molecule has 0 saturated carbocycles. The summed E-state index contributed by atoms with van der Waals surface area (Å²) in [6.45, 7) is 6.55. The van der Waals surface area contributed by atoms with Gasteiger partial charge in [0, 0.05) is 29.1 Å². The van der Waals surface area contributed by atoms with Gasteiger partial charge < -0.3 is 19.8 Å². The van der Waals surface area contributed by atoms with Crippen molar-refractivity contribution in [1.82, 2.24) is 25.7 Å². The average molecular weight is 430 g/mol. The number of hydrogen-bond acceptors (Lipinski definition) is 8. The first kappa shape index (κ1) is 20.0. The van der Waals surface area contributed by atoms with E-state index in [9.17, 15) is 4.79 Å². The quantitative estimate of drug-likeness (QED) is 0.747. The number of ether oxygens (including phenoxy) is 1. The topological polar surface area (TPSA) is 92.5 Å². The van der Waals surface area contributed by atoms with Crippen molar-refractivity contribution < 1.29 is 13.9 Å². The number of carbonyl (C=O) groups excluding carboxylic acids is 1. The van der Waals surface area contributed by atoms with Gasteiger partial charge in [0.1, 0.15) is 6.04 Å². The molecule has 2 N–H and O–H groups in total. The van der Waals surface area contributed by atoms with Crippen LogP contribution in [0.25, 0.3) is 0 Å². The van der Waals surface area contributed by atoms with Crippen LogP contribution >= 0.6 is 11.8 Å². The van der Waals surface area contributed by atoms with Crippen LogP contribution in [0.3, 0.4) is 0 Å². The van der Waals surface area contributed by atoms with Gasteiger partial charge in [-0.1, -0.05) is 0 Å². The van der Waals surface area contributed by atoms with Crippen molar-refractivity contribution in [3.63, 3.8) is 0 Å². The highest BCUT2D eigenvalue weighted by atomic mass is 32.2. The first-order valence-electron chi connectivity index (χ1n) is 10.6. The van der Waals surface area contributed by atoms with Crippen molar-refractivity contribution >= 4 is 17.7 Å². The van der Waals surface area contributed by atoms with Crippen LogP contribution in [-0.4, -0.2) is 65.9 Å². The summed E-state index contributed by atoms with van der Waals surface area (Å²) in [6.07, 6.45) is 2.36. The van der Waals surface area contributed by atoms with Crippen molar-refractivity contribution in [2.24, 2.45) is 5.92 Å². The second kappa shape index (κ2) is 8.66. The van der Waals surface area contributed by atoms with Crippen molar-refractivity contribution in [3.8, 4) is 0 Å². The number of piperidine rings is 3. The fraction of sp³-hybridized carbons (Fsp3) is 0.571. The van der Waals surface area contributed by atoms with E-state index < -0.39 is 0 Å². The highest BCUT2D eigenvalue weighted by Crippen LogP contribution is 2.32. The van der Waals surface area contributed by atoms with Crippen molar-refractivity contribution in [2.75, 3.05) is 32.8 Å². The second-order valence-corrected chi connectivity index (χ2v) is 9.25. The largest absolute Gasteiger partial charge is 0.414 e. The lowest BCUT2D eigenvalue weighted by Crippen LogP contribution is -2.62. The number of amides is 1. The monoisotopic (exact) mass is 429 g/mol. The molecule has 0 spiro atoms. The van der Waals surface area contributed by atoms with Crippen molar-refractivity contribution in [3.05, 3.63) is 35.7 Å². The lowest BCUT2D eigenvalue weighted by atomic mass is 9.79. The van der Waals surface area contributed by atoms with Crippen LogP contribution < -0.4 is 10.6 Å². The van der Waals surface area contributed by atoms with E-state index in [1.54, 1.807) is 0 Å². The maximum atomic E-state index is 12.8. The Labute approximate surface area is 180 Å². The Morgan fingerprint density at radius 3 is 2.73 bits per heavy atom. The molecule has 3 atom stereocenters. The molecule has 8 nitrogen and oxygen atoms in total. The predicted octanol–water partition coefficient (Wildman–Crippen LogP) is 2.09. The number of hydrogen-bond donors (Lipinski definition) is 2. The third-order valence-electron chi connectivity index (χ3n) is 6.44. The van der Waals surface area contributed by atoms with Crippen LogP contribution in [0.1, 0.15) is 42.1 Å². The molecule has 4 aliphatic heterocycles. The predicted molar refractivity (Wildman–Crippen MR) is 111 cm³/mol. The molecular weight excluding hydrogens is 402 g/mol. The van der Waals surface area contributed by atoms with Gasteiger partial charge in [-0.25, -0.2) is 0 Å². The van der Waals surface area contributed by atoms with Crippen LogP contribution in [0.4, 0.5) is 0 Å². The zero-order valence-electron chi connectivity index (χ0n) is 17.0. The molecule has 0 aliphatic carbocycles. The first-order chi connectivity index (χ1) is 14.7. The minimum Gasteiger partial charge on any atom is -0.414 e. The lowest BCUT2D eigenvalue weighted by molar-refractivity contribution is 0.0217. The molecule has 30 heavy (non-hydrogen) atoms. The van der Waals surface area contributed by atoms with Crippen LogP contribution in [0.15, 0.2) is 38.8 Å². The van der Waals surface area contributed by atoms with E-state index in [2.05, 4.69) is 32.7 Å². The molecule has 2 aromatic rings. The molecule has 1 aromatic carbocycles. The van der Waals surface area contributed by atoms with Gasteiger partial charge in [0.05, 0.1) is 13.2 Å². The fourth-order valence-corrected chi connectivity index (χ4v) is 5.36. The molecule has 9 heteroatoms. The molecule has 160 valence electrons. The summed E-state index contributed by atoms with van der Waals surface area (Å²) in [6, 6.07) is 8.15. The molecule has 4 aliphatic rings. The van der Waals surface area contributed by atoms with Gasteiger partial charge in [0.15, 0.2) is 0 Å². The van der Waals surface area contributed by atoms with E-state index in [0.717, 1.165) is 24.5 Å². The Morgan fingerprint density at radius 2 is 2.03 bits per heavy atom. The van der Waals surface area contributed by atoms with E-state index in [4.69, 9.17) is 9.15 Å². The Bertz CT molecular complexity index is 873. The molecule has 6 rings (SSSR count). The minimum absolute atomic E-state index is 0.000555. The molecule has 0 radical (unpaired) electrons. The van der Waals surface area contributed by atoms with Crippen molar-refractivity contribution in [2.45, 2.75) is 48.0 Å². The summed E-state index contributed by atoms with van der Waals surface area (Å²) in [5, 5.41) is 15.3. The summed E-state index contributed by atoms with van der Waals surface area (Å²) in [5.74, 6) is 1.14. The maximum Gasteiger partial charge on any atom is 0.281 e. The Morgan fingerprint density at radius 1 is 1.23 bits per heavy atom. The van der Waals surface area contributed by atoms with Gasteiger partial charge in [-0.2, -0.15) is 0 Å². The van der Waals surface area contributed by atoms with E-state index in [1.807, 2.05) is 24.3 Å². The highest BCUT2D eigenvalue weighted by molar-refractivity contribution is 7.99. The molecule has 5 heterocycles. The Balaban J connectivity index is 1.19. The molecular formula is C21H27N5O3S. The standard InChI is InChI=1S/C21H27N5O3S/c1-13-18(14-6-9-26(13)10-7-14)23-19(27)15-2-4-16(5-3-15)30-21-25-24-20(29-21)17-12-28-11-8-22-17/h2-5,13-14,17-18,22H,6-12H2,1H3,(H,23,27)/t13-,17?,18-/m0/s1. The summed E-state index contributed by atoms with van der Waals surface area (Å²) in [7, 11) is 0. The van der Waals surface area contributed by atoms with Gasteiger partial charge in [-0.05, 0) is 74.8 Å². The Kier molecular flexibility index (Phi) is 5.77. The molecule has 1 unspecified atom stereocenters. The number of nitrogens with zero attached hydrogens (tertiary/aromatic N) is 3. The number of carbonyl (C=O) groups is 1. The van der Waals surface area contributed by atoms with Gasteiger partial charge in [0.2, 0.25) is 5.89 Å². The van der Waals surface area contributed by atoms with Gasteiger partial charge in [0.25, 0.3) is 11.1 Å². The van der Waals surface area contributed by atoms with Crippen LogP contribution in [0.2, 0.25) is 0 Å². The third kappa shape index (κ3) is 4.12. The number of aromatic nitrogens is 2. The highest BCUT2D eigenvalue weighted by Gasteiger charge is 2.40. The van der Waals surface area contributed by atoms with Gasteiger partial charge in [-0.15, -0.1) is 10.2 Å². The van der Waals surface area contributed by atoms with Crippen LogP contribution in [0, 0.1) is 5.92 Å². The zero-order valence-corrected chi connectivity index (χ0v) is 17.9. The molecule has 2 bridgehead atoms. The number of benzene rings is 1. The number of morpholine rings is 1. The smallest absolute Gasteiger partial charge is 0.281 e. The molecule has 4 saturated heterocycles. The SMILES string of the molecule is C[C@H]1[C@H](NC(=O)c2ccc(Sc3nnc(C4COCCN4)o3)cc2)C2CCN1CC2. The van der Waals surface area contributed by atoms with Gasteiger partial charge >= 0.3 is 0 Å². The first-order valence-corrected chi connectivity index (χ1v) is 11.5. The summed E-state index contributed by atoms with van der Waals surface area (Å²) in [5.41, 5.74) is 0.678. The summed E-state index contributed by atoms with van der Waals surface area (Å²) >= 11 is 1.39. The third-order valence-corrected chi connectivity index (χ3v) is 7.29. The summed E-state index contributed by atoms with van der Waals surface area (Å²) < 4.78 is 11.2. The maximum absolute atomic E-state index is 12.8. The number of rotatable bonds is 5. The van der Waals surface area contributed by atoms with Crippen molar-refractivity contribution in [1.29, 1.82) is 0 Å². The Hall–Kier alpha value is -1.94. The molecule has 1 aromatic heterocycles. The van der Waals surface area contributed by atoms with E-state index in [1.165, 1.54) is 24.6 Å². The zero-order chi connectivity index (χ0) is 20.5. The molecule has 1 amide bonds. The van der Waals surface area contributed by atoms with E-state index in [-0.39, 0.29) is 18.0 Å². The lowest BCUT2D eigenvalue weighted by Gasteiger charge is -2.49. The van der Waals surface area contributed by atoms with E-state index >= 15 is 0 Å². The number of fused-ring (bicyclic) bond motifs is 3. The van der Waals surface area contributed by atoms with Crippen LogP contribution in [0.5, 0.6) is 0 Å². The summed E-state index contributed by atoms with van der Waals surface area (Å²) in [4.78, 5) is 16.2. The average Bonchev–Trinajstić information content (AvgIpc) is 3.26. The second-order valence-electron chi connectivity index (χ2n) is 8.23. The normalized spacial score (nSPS) is 30.9. The van der Waals surface area contributed by atoms with E-state index in [0.29, 0.717) is 41.9 Å². The minimum atomic E-state index is -0.0551. The van der Waals surface area contributed by atoms with Crippen LogP contribution in [-0.2, 0) is 4.74 Å². The molecule has 4 fully saturated rings. The number of nitrogens with one attached hydrogen (secondary N) is 2. The van der Waals surface area contributed by atoms with Gasteiger partial charge in [-0.3, -0.25) is 9.69 Å². The fourth-order valence-electron chi connectivity index (χ4n) is 4.68.